The minimum atomic E-state index is -0.894. The third-order valence-electron chi connectivity index (χ3n) is 3.33. The van der Waals surface area contributed by atoms with Gasteiger partial charge in [0.15, 0.2) is 6.10 Å². The van der Waals surface area contributed by atoms with Crippen molar-refractivity contribution in [2.75, 3.05) is 12.4 Å². The topological polar surface area (TPSA) is 114 Å². The summed E-state index contributed by atoms with van der Waals surface area (Å²) < 4.78 is 10.6. The quantitative estimate of drug-likeness (QED) is 0.638. The van der Waals surface area contributed by atoms with E-state index in [0.717, 1.165) is 0 Å². The highest BCUT2D eigenvalue weighted by Crippen LogP contribution is 2.29. The van der Waals surface area contributed by atoms with Gasteiger partial charge in [-0.25, -0.2) is 0 Å². The molecule has 0 fully saturated rings. The van der Waals surface area contributed by atoms with Gasteiger partial charge in [0.25, 0.3) is 11.6 Å². The molecule has 0 saturated carbocycles. The van der Waals surface area contributed by atoms with E-state index in [-0.39, 0.29) is 17.1 Å². The fourth-order valence-electron chi connectivity index (χ4n) is 2.04. The Bertz CT molecular complexity index is 844. The molecular weight excluding hydrogens is 326 g/mol. The number of amides is 1. The van der Waals surface area contributed by atoms with E-state index in [0.29, 0.717) is 11.3 Å². The Labute approximate surface area is 143 Å². The second kappa shape index (κ2) is 7.79. The summed E-state index contributed by atoms with van der Waals surface area (Å²) >= 11 is 0. The van der Waals surface area contributed by atoms with Gasteiger partial charge in [-0.3, -0.25) is 14.9 Å². The number of non-ortho nitro benzene ring substituents is 1. The number of ether oxygens (including phenoxy) is 2. The van der Waals surface area contributed by atoms with Crippen LogP contribution >= 0.6 is 0 Å². The standard InChI is InChI=1S/C17H15N3O5/c1-11(25-15-6-4-3-5-12(15)10-18)17(21)19-14-8-7-13(20(22)23)9-16(14)24-2/h3-9,11H,1-2H3,(H,19,21)/t11-/m1/s1. The Morgan fingerprint density at radius 2 is 2.00 bits per heavy atom. The Kier molecular flexibility index (Phi) is 5.53. The van der Waals surface area contributed by atoms with Crippen LogP contribution in [0.15, 0.2) is 42.5 Å². The van der Waals surface area contributed by atoms with Crippen LogP contribution in [0.1, 0.15) is 12.5 Å². The van der Waals surface area contributed by atoms with Crippen molar-refractivity contribution in [2.45, 2.75) is 13.0 Å². The van der Waals surface area contributed by atoms with Gasteiger partial charge in [0.1, 0.15) is 17.6 Å². The van der Waals surface area contributed by atoms with Crippen LogP contribution in [0.5, 0.6) is 11.5 Å². The highest BCUT2D eigenvalue weighted by molar-refractivity contribution is 5.95. The third-order valence-corrected chi connectivity index (χ3v) is 3.33. The normalized spacial score (nSPS) is 11.1. The van der Waals surface area contributed by atoms with Crippen molar-refractivity contribution in [3.63, 3.8) is 0 Å². The van der Waals surface area contributed by atoms with E-state index in [1.807, 2.05) is 6.07 Å². The molecule has 0 saturated heterocycles. The number of para-hydroxylation sites is 1. The van der Waals surface area contributed by atoms with E-state index in [9.17, 15) is 14.9 Å². The minimum Gasteiger partial charge on any atom is -0.494 e. The molecule has 8 heteroatoms. The number of nitrogens with zero attached hydrogens (tertiary/aromatic N) is 2. The van der Waals surface area contributed by atoms with Crippen LogP contribution < -0.4 is 14.8 Å². The summed E-state index contributed by atoms with van der Waals surface area (Å²) in [4.78, 5) is 22.5. The number of benzene rings is 2. The van der Waals surface area contributed by atoms with Crippen LogP contribution in [0.2, 0.25) is 0 Å². The molecule has 128 valence electrons. The van der Waals surface area contributed by atoms with Crippen molar-refractivity contribution in [3.05, 3.63) is 58.1 Å². The maximum atomic E-state index is 12.3. The minimum absolute atomic E-state index is 0.151. The maximum absolute atomic E-state index is 12.3. The molecule has 2 rings (SSSR count). The second-order valence-electron chi connectivity index (χ2n) is 5.00. The van der Waals surface area contributed by atoms with Gasteiger partial charge in [-0.2, -0.15) is 5.26 Å². The van der Waals surface area contributed by atoms with Crippen molar-refractivity contribution in [1.29, 1.82) is 5.26 Å². The van der Waals surface area contributed by atoms with Crippen LogP contribution in [0.25, 0.3) is 0 Å². The molecule has 0 aliphatic carbocycles. The van der Waals surface area contributed by atoms with Gasteiger partial charge in [0.2, 0.25) is 0 Å². The molecule has 2 aromatic carbocycles. The number of nitro benzene ring substituents is 1. The molecule has 0 unspecified atom stereocenters. The van der Waals surface area contributed by atoms with E-state index in [4.69, 9.17) is 14.7 Å². The van der Waals surface area contributed by atoms with E-state index in [1.165, 1.54) is 32.2 Å². The first kappa shape index (κ1) is 17.7. The maximum Gasteiger partial charge on any atom is 0.273 e. The Hall–Kier alpha value is -3.60. The fraction of sp³-hybridized carbons (Fsp3) is 0.176. The second-order valence-corrected chi connectivity index (χ2v) is 5.00. The summed E-state index contributed by atoms with van der Waals surface area (Å²) in [7, 11) is 1.35. The molecule has 0 bridgehead atoms. The lowest BCUT2D eigenvalue weighted by molar-refractivity contribution is -0.384. The highest BCUT2D eigenvalue weighted by Gasteiger charge is 2.19. The highest BCUT2D eigenvalue weighted by atomic mass is 16.6. The first-order valence-electron chi connectivity index (χ1n) is 7.25. The zero-order valence-electron chi connectivity index (χ0n) is 13.6. The van der Waals surface area contributed by atoms with Gasteiger partial charge < -0.3 is 14.8 Å². The van der Waals surface area contributed by atoms with Gasteiger partial charge in [-0.15, -0.1) is 0 Å². The Morgan fingerprint density at radius 1 is 1.28 bits per heavy atom. The molecule has 1 N–H and O–H groups in total. The Balaban J connectivity index is 2.14. The summed E-state index contributed by atoms with van der Waals surface area (Å²) in [5.41, 5.74) is 0.444. The molecule has 0 aromatic heterocycles. The molecule has 2 aromatic rings. The average Bonchev–Trinajstić information content (AvgIpc) is 2.62. The zero-order chi connectivity index (χ0) is 18.4. The van der Waals surface area contributed by atoms with Crippen LogP contribution in [-0.4, -0.2) is 24.0 Å². The summed E-state index contributed by atoms with van der Waals surface area (Å²) in [6, 6.07) is 12.4. The predicted molar refractivity (Wildman–Crippen MR) is 89.5 cm³/mol. The molecule has 0 aliphatic heterocycles. The number of nitriles is 1. The summed E-state index contributed by atoms with van der Waals surface area (Å²) in [6.45, 7) is 1.53. The zero-order valence-corrected chi connectivity index (χ0v) is 13.6. The lowest BCUT2D eigenvalue weighted by atomic mass is 10.2. The lowest BCUT2D eigenvalue weighted by Gasteiger charge is -2.16. The van der Waals surface area contributed by atoms with Gasteiger partial charge in [0.05, 0.1) is 29.4 Å². The number of carbonyl (C=O) groups is 1. The smallest absolute Gasteiger partial charge is 0.273 e. The van der Waals surface area contributed by atoms with Gasteiger partial charge in [0, 0.05) is 6.07 Å². The molecule has 0 heterocycles. The number of anilines is 1. The largest absolute Gasteiger partial charge is 0.494 e. The van der Waals surface area contributed by atoms with Crippen molar-refractivity contribution < 1.29 is 19.2 Å². The number of hydrogen-bond acceptors (Lipinski definition) is 6. The SMILES string of the molecule is COc1cc([N+](=O)[O-])ccc1NC(=O)[C@@H](C)Oc1ccccc1C#N. The van der Waals surface area contributed by atoms with Crippen molar-refractivity contribution in [1.82, 2.24) is 0 Å². The number of methoxy groups -OCH3 is 1. The van der Waals surface area contributed by atoms with E-state index >= 15 is 0 Å². The van der Waals surface area contributed by atoms with Crippen LogP contribution in [0, 0.1) is 21.4 Å². The number of hydrogen-bond donors (Lipinski definition) is 1. The van der Waals surface area contributed by atoms with Crippen LogP contribution in [0.4, 0.5) is 11.4 Å². The predicted octanol–water partition coefficient (Wildman–Crippen LogP) is 2.88. The van der Waals surface area contributed by atoms with Crippen LogP contribution in [-0.2, 0) is 4.79 Å². The number of nitrogens with one attached hydrogen (secondary N) is 1. The summed E-state index contributed by atoms with van der Waals surface area (Å²) in [6.07, 6.45) is -0.894. The van der Waals surface area contributed by atoms with Crippen molar-refractivity contribution in [3.8, 4) is 17.6 Å². The molecule has 0 aliphatic rings. The number of nitro groups is 1. The number of rotatable bonds is 6. The molecule has 25 heavy (non-hydrogen) atoms. The summed E-state index contributed by atoms with van der Waals surface area (Å²) in [5, 5.41) is 22.4. The monoisotopic (exact) mass is 341 g/mol. The first-order valence-corrected chi connectivity index (χ1v) is 7.25. The molecule has 1 amide bonds. The van der Waals surface area contributed by atoms with Crippen molar-refractivity contribution >= 4 is 17.3 Å². The molecule has 1 atom stereocenters. The third kappa shape index (κ3) is 4.23. The van der Waals surface area contributed by atoms with E-state index in [2.05, 4.69) is 5.32 Å². The molecule has 0 spiro atoms. The van der Waals surface area contributed by atoms with Crippen LogP contribution in [0.3, 0.4) is 0 Å². The average molecular weight is 341 g/mol. The summed E-state index contributed by atoms with van der Waals surface area (Å²) in [5.74, 6) is -0.0321. The van der Waals surface area contributed by atoms with Gasteiger partial charge in [-0.1, -0.05) is 12.1 Å². The van der Waals surface area contributed by atoms with Crippen molar-refractivity contribution in [2.24, 2.45) is 0 Å². The molecule has 8 nitrogen and oxygen atoms in total. The van der Waals surface area contributed by atoms with Gasteiger partial charge in [-0.05, 0) is 25.1 Å². The Morgan fingerprint density at radius 3 is 2.64 bits per heavy atom. The first-order chi connectivity index (χ1) is 12.0. The fourth-order valence-corrected chi connectivity index (χ4v) is 2.04. The molecule has 0 radical (unpaired) electrons. The number of carbonyl (C=O) groups excluding carboxylic acids is 1. The van der Waals surface area contributed by atoms with Gasteiger partial charge >= 0.3 is 0 Å². The van der Waals surface area contributed by atoms with E-state index < -0.39 is 16.9 Å². The lowest BCUT2D eigenvalue weighted by Crippen LogP contribution is -2.30. The van der Waals surface area contributed by atoms with E-state index in [1.54, 1.807) is 24.3 Å². The molecular formula is C17H15N3O5.